The van der Waals surface area contributed by atoms with E-state index in [0.717, 1.165) is 29.2 Å². The van der Waals surface area contributed by atoms with Crippen LogP contribution in [0.2, 0.25) is 0 Å². The molecule has 2 heteroatoms. The largest absolute Gasteiger partial charge is 0.507 e. The molecule has 0 bridgehead atoms. The molecule has 17 heavy (non-hydrogen) atoms. The number of phenols is 1. The van der Waals surface area contributed by atoms with Crippen LogP contribution in [0, 0.1) is 0 Å². The van der Waals surface area contributed by atoms with Crippen molar-refractivity contribution in [3.05, 3.63) is 48.3 Å². The first-order valence-electron chi connectivity index (χ1n) is 6.08. The Morgan fingerprint density at radius 3 is 3.00 bits per heavy atom. The Balaban J connectivity index is 2.14. The quantitative estimate of drug-likeness (QED) is 0.749. The second-order valence-electron chi connectivity index (χ2n) is 4.57. The SMILES string of the molecule is Oc1c([C@H]2C=CCCC2)ccc2cnccc12. The Morgan fingerprint density at radius 2 is 2.18 bits per heavy atom. The molecule has 0 radical (unpaired) electrons. The van der Waals surface area contributed by atoms with Gasteiger partial charge in [-0.15, -0.1) is 0 Å². The van der Waals surface area contributed by atoms with Gasteiger partial charge in [0, 0.05) is 34.6 Å². The lowest BCUT2D eigenvalue weighted by atomic mass is 9.88. The third-order valence-electron chi connectivity index (χ3n) is 3.48. The van der Waals surface area contributed by atoms with Crippen LogP contribution in [0.4, 0.5) is 0 Å². The molecule has 0 fully saturated rings. The standard InChI is InChI=1S/C15H15NO/c17-15-13(11-4-2-1-3-5-11)7-6-12-10-16-9-8-14(12)15/h2,4,6-11,17H,1,3,5H2/t11-/m0/s1. The van der Waals surface area contributed by atoms with Crippen molar-refractivity contribution in [1.82, 2.24) is 4.98 Å². The van der Waals surface area contributed by atoms with Gasteiger partial charge in [0.2, 0.25) is 0 Å². The molecule has 1 aromatic heterocycles. The highest BCUT2D eigenvalue weighted by Crippen LogP contribution is 2.37. The summed E-state index contributed by atoms with van der Waals surface area (Å²) < 4.78 is 0. The van der Waals surface area contributed by atoms with Crippen molar-refractivity contribution in [3.8, 4) is 5.75 Å². The fraction of sp³-hybridized carbons (Fsp3) is 0.267. The normalized spacial score (nSPS) is 19.6. The average molecular weight is 225 g/mol. The predicted molar refractivity (Wildman–Crippen MR) is 69.1 cm³/mol. The van der Waals surface area contributed by atoms with Gasteiger partial charge >= 0.3 is 0 Å². The van der Waals surface area contributed by atoms with Crippen LogP contribution in [0.25, 0.3) is 10.8 Å². The van der Waals surface area contributed by atoms with Crippen LogP contribution in [0.1, 0.15) is 30.7 Å². The molecule has 1 aliphatic carbocycles. The number of rotatable bonds is 1. The number of nitrogens with zero attached hydrogens (tertiary/aromatic N) is 1. The number of aromatic nitrogens is 1. The minimum atomic E-state index is 0.362. The van der Waals surface area contributed by atoms with Crippen molar-refractivity contribution in [2.24, 2.45) is 0 Å². The maximum Gasteiger partial charge on any atom is 0.127 e. The molecule has 1 aromatic carbocycles. The van der Waals surface area contributed by atoms with Gasteiger partial charge in [0.1, 0.15) is 5.75 Å². The summed E-state index contributed by atoms with van der Waals surface area (Å²) in [6, 6.07) is 5.94. The van der Waals surface area contributed by atoms with Crippen LogP contribution < -0.4 is 0 Å². The fourth-order valence-electron chi connectivity index (χ4n) is 2.54. The van der Waals surface area contributed by atoms with Gasteiger partial charge < -0.3 is 5.11 Å². The molecule has 1 atom stereocenters. The lowest BCUT2D eigenvalue weighted by molar-refractivity contribution is 0.468. The zero-order chi connectivity index (χ0) is 11.7. The number of benzene rings is 1. The van der Waals surface area contributed by atoms with E-state index in [9.17, 15) is 5.11 Å². The van der Waals surface area contributed by atoms with E-state index >= 15 is 0 Å². The van der Waals surface area contributed by atoms with E-state index in [-0.39, 0.29) is 0 Å². The third-order valence-corrected chi connectivity index (χ3v) is 3.48. The second kappa shape index (κ2) is 4.21. The molecule has 0 amide bonds. The molecule has 0 saturated heterocycles. The minimum absolute atomic E-state index is 0.362. The highest BCUT2D eigenvalue weighted by Gasteiger charge is 2.16. The van der Waals surface area contributed by atoms with Crippen molar-refractivity contribution in [3.63, 3.8) is 0 Å². The topological polar surface area (TPSA) is 33.1 Å². The number of fused-ring (bicyclic) bond motifs is 1. The molecule has 2 nitrogen and oxygen atoms in total. The second-order valence-corrected chi connectivity index (χ2v) is 4.57. The number of aromatic hydroxyl groups is 1. The monoisotopic (exact) mass is 225 g/mol. The Hall–Kier alpha value is -1.83. The highest BCUT2D eigenvalue weighted by atomic mass is 16.3. The van der Waals surface area contributed by atoms with Gasteiger partial charge in [0.25, 0.3) is 0 Å². The molecule has 1 heterocycles. The number of allylic oxidation sites excluding steroid dienone is 2. The van der Waals surface area contributed by atoms with Crippen LogP contribution in [0.3, 0.4) is 0 Å². The molecule has 2 aromatic rings. The summed E-state index contributed by atoms with van der Waals surface area (Å²) in [5.74, 6) is 0.780. The van der Waals surface area contributed by atoms with E-state index < -0.39 is 0 Å². The Morgan fingerprint density at radius 1 is 1.24 bits per heavy atom. The van der Waals surface area contributed by atoms with Gasteiger partial charge in [-0.1, -0.05) is 24.3 Å². The van der Waals surface area contributed by atoms with Crippen molar-refractivity contribution < 1.29 is 5.11 Å². The molecule has 86 valence electrons. The van der Waals surface area contributed by atoms with Crippen LogP contribution >= 0.6 is 0 Å². The molecule has 1 N–H and O–H groups in total. The summed E-state index contributed by atoms with van der Waals surface area (Å²) in [5, 5.41) is 12.2. The number of phenolic OH excluding ortho intramolecular Hbond substituents is 1. The summed E-state index contributed by atoms with van der Waals surface area (Å²) in [6.45, 7) is 0. The third kappa shape index (κ3) is 1.80. The summed E-state index contributed by atoms with van der Waals surface area (Å²) in [4.78, 5) is 4.07. The molecule has 0 spiro atoms. The molecule has 0 saturated carbocycles. The van der Waals surface area contributed by atoms with Crippen LogP contribution in [-0.2, 0) is 0 Å². The van der Waals surface area contributed by atoms with E-state index in [0.29, 0.717) is 11.7 Å². The Kier molecular flexibility index (Phi) is 2.56. The summed E-state index contributed by atoms with van der Waals surface area (Å²) in [7, 11) is 0. The van der Waals surface area contributed by atoms with Gasteiger partial charge in [-0.3, -0.25) is 4.98 Å². The molecule has 0 unspecified atom stereocenters. The van der Waals surface area contributed by atoms with Crippen molar-refractivity contribution in [2.45, 2.75) is 25.2 Å². The molecule has 0 aliphatic heterocycles. The van der Waals surface area contributed by atoms with E-state index in [4.69, 9.17) is 0 Å². The van der Waals surface area contributed by atoms with Gasteiger partial charge in [0.15, 0.2) is 0 Å². The van der Waals surface area contributed by atoms with Crippen LogP contribution in [-0.4, -0.2) is 10.1 Å². The minimum Gasteiger partial charge on any atom is -0.507 e. The molecule has 1 aliphatic rings. The summed E-state index contributed by atoms with van der Waals surface area (Å²) in [5.41, 5.74) is 1.04. The maximum atomic E-state index is 10.3. The number of hydrogen-bond acceptors (Lipinski definition) is 2. The van der Waals surface area contributed by atoms with Crippen molar-refractivity contribution in [1.29, 1.82) is 0 Å². The van der Waals surface area contributed by atoms with E-state index in [1.54, 1.807) is 12.4 Å². The van der Waals surface area contributed by atoms with Gasteiger partial charge in [-0.25, -0.2) is 0 Å². The van der Waals surface area contributed by atoms with E-state index in [1.165, 1.54) is 6.42 Å². The zero-order valence-electron chi connectivity index (χ0n) is 9.63. The van der Waals surface area contributed by atoms with Gasteiger partial charge in [-0.05, 0) is 25.3 Å². The smallest absolute Gasteiger partial charge is 0.127 e. The van der Waals surface area contributed by atoms with Crippen LogP contribution in [0.5, 0.6) is 5.75 Å². The number of hydrogen-bond donors (Lipinski definition) is 1. The zero-order valence-corrected chi connectivity index (χ0v) is 9.63. The first kappa shape index (κ1) is 10.3. The first-order valence-corrected chi connectivity index (χ1v) is 6.08. The van der Waals surface area contributed by atoms with Crippen molar-refractivity contribution >= 4 is 10.8 Å². The van der Waals surface area contributed by atoms with Gasteiger partial charge in [0.05, 0.1) is 0 Å². The van der Waals surface area contributed by atoms with Crippen LogP contribution in [0.15, 0.2) is 42.7 Å². The molecular weight excluding hydrogens is 210 g/mol. The summed E-state index contributed by atoms with van der Waals surface area (Å²) >= 11 is 0. The predicted octanol–water partition coefficient (Wildman–Crippen LogP) is 3.76. The van der Waals surface area contributed by atoms with Crippen molar-refractivity contribution in [2.75, 3.05) is 0 Å². The highest BCUT2D eigenvalue weighted by molar-refractivity contribution is 5.88. The Bertz CT molecular complexity index is 574. The first-order chi connectivity index (χ1) is 8.36. The number of pyridine rings is 1. The van der Waals surface area contributed by atoms with Gasteiger partial charge in [-0.2, -0.15) is 0 Å². The molecular formula is C15H15NO. The lowest BCUT2D eigenvalue weighted by Gasteiger charge is -2.18. The molecule has 3 rings (SSSR count). The lowest BCUT2D eigenvalue weighted by Crippen LogP contribution is -1.99. The average Bonchev–Trinajstić information content (AvgIpc) is 2.40. The fourth-order valence-corrected chi connectivity index (χ4v) is 2.54. The maximum absolute atomic E-state index is 10.3. The Labute approximate surface area is 101 Å². The van der Waals surface area contributed by atoms with E-state index in [2.05, 4.69) is 17.1 Å². The van der Waals surface area contributed by atoms with E-state index in [1.807, 2.05) is 18.2 Å². The summed E-state index contributed by atoms with van der Waals surface area (Å²) in [6.07, 6.45) is 11.4.